The summed E-state index contributed by atoms with van der Waals surface area (Å²) in [6.45, 7) is 6.57. The van der Waals surface area contributed by atoms with Gasteiger partial charge in [0.15, 0.2) is 0 Å². The zero-order valence-corrected chi connectivity index (χ0v) is 15.7. The van der Waals surface area contributed by atoms with Crippen molar-refractivity contribution in [2.45, 2.75) is 6.92 Å². The Morgan fingerprint density at radius 1 is 0.609 bits per heavy atom. The summed E-state index contributed by atoms with van der Waals surface area (Å²) in [7, 11) is -1.82. The van der Waals surface area contributed by atoms with Crippen molar-refractivity contribution < 1.29 is 17.0 Å². The van der Waals surface area contributed by atoms with E-state index in [-0.39, 0.29) is 17.0 Å². The van der Waals surface area contributed by atoms with Gasteiger partial charge in [0, 0.05) is 0 Å². The average molecular weight is 383 g/mol. The fourth-order valence-corrected chi connectivity index (χ4v) is 7.14. The maximum atomic E-state index is 4.41. The van der Waals surface area contributed by atoms with E-state index in [0.717, 1.165) is 0 Å². The van der Waals surface area contributed by atoms with E-state index in [4.69, 9.17) is 0 Å². The van der Waals surface area contributed by atoms with Crippen LogP contribution < -0.4 is 32.9 Å². The van der Waals surface area contributed by atoms with E-state index in [1.165, 1.54) is 21.2 Å². The Morgan fingerprint density at radius 2 is 0.870 bits per heavy atom. The summed E-state index contributed by atoms with van der Waals surface area (Å²) < 4.78 is 0. The van der Waals surface area contributed by atoms with Crippen LogP contribution in [0, 0.1) is 0 Å². The van der Waals surface area contributed by atoms with Gasteiger partial charge in [-0.1, -0.05) is 61.2 Å². The predicted octanol–water partition coefficient (Wildman–Crippen LogP) is 1.52. The lowest BCUT2D eigenvalue weighted by Crippen LogP contribution is -3.00. The molecule has 23 heavy (non-hydrogen) atoms. The molecule has 0 amide bonds. The highest BCUT2D eigenvalue weighted by Gasteiger charge is 2.46. The molecule has 2 heteroatoms. The fraction of sp³-hybridized carbons (Fsp3) is 0.0476. The van der Waals surface area contributed by atoms with Gasteiger partial charge < -0.3 is 17.0 Å². The zero-order valence-electron chi connectivity index (χ0n) is 13.2. The smallest absolute Gasteiger partial charge is 0.139 e. The standard InChI is InChI=1S/C21H20P.BrH/c1-18(2)22(19-12-6-3-7-13-19,20-14-8-4-9-15-20)21-16-10-5-11-17-21;/h3-17H,1H2,2H3;1H/q+1;/p-1. The summed E-state index contributed by atoms with van der Waals surface area (Å²) in [5.74, 6) is 0. The van der Waals surface area contributed by atoms with Crippen LogP contribution in [-0.2, 0) is 0 Å². The molecule has 0 saturated heterocycles. The van der Waals surface area contributed by atoms with Crippen LogP contribution in [0.25, 0.3) is 0 Å². The molecule has 0 atom stereocenters. The Morgan fingerprint density at radius 3 is 1.09 bits per heavy atom. The molecular formula is C21H20BrP. The van der Waals surface area contributed by atoms with Gasteiger partial charge in [-0.05, 0) is 43.3 Å². The number of hydrogen-bond donors (Lipinski definition) is 0. The molecule has 0 fully saturated rings. The third-order valence-electron chi connectivity index (χ3n) is 4.00. The van der Waals surface area contributed by atoms with Crippen molar-refractivity contribution in [1.29, 1.82) is 0 Å². The molecule has 0 bridgehead atoms. The third kappa shape index (κ3) is 3.17. The van der Waals surface area contributed by atoms with Gasteiger partial charge >= 0.3 is 0 Å². The summed E-state index contributed by atoms with van der Waals surface area (Å²) in [5.41, 5.74) is 0. The van der Waals surface area contributed by atoms with Crippen LogP contribution in [0.2, 0.25) is 0 Å². The summed E-state index contributed by atoms with van der Waals surface area (Å²) in [4.78, 5) is 0. The van der Waals surface area contributed by atoms with E-state index in [1.807, 2.05) is 0 Å². The lowest BCUT2D eigenvalue weighted by atomic mass is 10.4. The molecule has 3 rings (SSSR count). The van der Waals surface area contributed by atoms with Crippen molar-refractivity contribution in [3.63, 3.8) is 0 Å². The topological polar surface area (TPSA) is 0 Å². The van der Waals surface area contributed by atoms with Crippen LogP contribution in [0.4, 0.5) is 0 Å². The van der Waals surface area contributed by atoms with Gasteiger partial charge in [-0.3, -0.25) is 0 Å². The van der Waals surface area contributed by atoms with Crippen molar-refractivity contribution in [1.82, 2.24) is 0 Å². The minimum absolute atomic E-state index is 0. The Labute approximate surface area is 150 Å². The monoisotopic (exact) mass is 382 g/mol. The lowest BCUT2D eigenvalue weighted by molar-refractivity contribution is -0.00000429. The fourth-order valence-electron chi connectivity index (χ4n) is 3.06. The van der Waals surface area contributed by atoms with Gasteiger partial charge in [-0.15, -0.1) is 0 Å². The average Bonchev–Trinajstić information content (AvgIpc) is 2.58. The van der Waals surface area contributed by atoms with E-state index in [2.05, 4.69) is 104 Å². The zero-order chi connectivity index (χ0) is 15.4. The number of halogens is 1. The first-order valence-electron chi connectivity index (χ1n) is 7.48. The quantitative estimate of drug-likeness (QED) is 0.600. The Balaban J connectivity index is 0.00000192. The second kappa shape index (κ2) is 7.73. The van der Waals surface area contributed by atoms with Gasteiger partial charge in [0.05, 0.1) is 5.31 Å². The SMILES string of the molecule is C=C(C)[P+](c1ccccc1)(c1ccccc1)c1ccccc1.[Br-]. The molecule has 0 N–H and O–H groups in total. The molecule has 3 aromatic rings. The molecule has 0 saturated carbocycles. The van der Waals surface area contributed by atoms with Gasteiger partial charge in [0.1, 0.15) is 23.2 Å². The van der Waals surface area contributed by atoms with Gasteiger partial charge in [-0.2, -0.15) is 0 Å². The highest BCUT2D eigenvalue weighted by atomic mass is 79.9. The second-order valence-electron chi connectivity index (χ2n) is 5.41. The van der Waals surface area contributed by atoms with E-state index in [9.17, 15) is 0 Å². The Bertz CT molecular complexity index is 655. The van der Waals surface area contributed by atoms with Crippen molar-refractivity contribution in [3.8, 4) is 0 Å². The van der Waals surface area contributed by atoms with Gasteiger partial charge in [0.2, 0.25) is 0 Å². The van der Waals surface area contributed by atoms with E-state index < -0.39 is 7.26 Å². The Hall–Kier alpha value is -1.69. The summed E-state index contributed by atoms with van der Waals surface area (Å²) >= 11 is 0. The van der Waals surface area contributed by atoms with E-state index in [1.54, 1.807) is 0 Å². The molecule has 0 aliphatic rings. The summed E-state index contributed by atoms with van der Waals surface area (Å²) in [6.07, 6.45) is 0. The summed E-state index contributed by atoms with van der Waals surface area (Å²) in [5, 5.41) is 5.32. The highest BCUT2D eigenvalue weighted by Crippen LogP contribution is 2.61. The van der Waals surface area contributed by atoms with Crippen molar-refractivity contribution in [2.75, 3.05) is 0 Å². The minimum Gasteiger partial charge on any atom is -1.00 e. The molecule has 0 aliphatic heterocycles. The molecule has 0 heterocycles. The van der Waals surface area contributed by atoms with Crippen molar-refractivity contribution >= 4 is 23.2 Å². The maximum Gasteiger partial charge on any atom is 0.139 e. The predicted molar refractivity (Wildman–Crippen MR) is 100.0 cm³/mol. The molecule has 0 nitrogen and oxygen atoms in total. The van der Waals surface area contributed by atoms with Gasteiger partial charge in [0.25, 0.3) is 0 Å². The van der Waals surface area contributed by atoms with Crippen molar-refractivity contribution in [3.05, 3.63) is 103 Å². The van der Waals surface area contributed by atoms with E-state index >= 15 is 0 Å². The number of hydrogen-bond acceptors (Lipinski definition) is 0. The molecule has 116 valence electrons. The first-order chi connectivity index (χ1) is 10.8. The highest BCUT2D eigenvalue weighted by molar-refractivity contribution is 7.98. The largest absolute Gasteiger partial charge is 1.00 e. The normalized spacial score (nSPS) is 10.7. The summed E-state index contributed by atoms with van der Waals surface area (Å²) in [6, 6.07) is 32.4. The van der Waals surface area contributed by atoms with Crippen LogP contribution in [0.15, 0.2) is 103 Å². The number of benzene rings is 3. The maximum absolute atomic E-state index is 4.41. The number of allylic oxidation sites excluding steroid dienone is 1. The molecule has 0 aliphatic carbocycles. The third-order valence-corrected chi connectivity index (χ3v) is 8.37. The second-order valence-corrected chi connectivity index (χ2v) is 9.07. The van der Waals surface area contributed by atoms with Crippen molar-refractivity contribution in [2.24, 2.45) is 0 Å². The van der Waals surface area contributed by atoms with Crippen LogP contribution in [-0.4, -0.2) is 0 Å². The molecule has 0 aromatic heterocycles. The molecule has 0 radical (unpaired) electrons. The first kappa shape index (κ1) is 17.7. The number of rotatable bonds is 4. The van der Waals surface area contributed by atoms with E-state index in [0.29, 0.717) is 0 Å². The van der Waals surface area contributed by atoms with Crippen LogP contribution in [0.5, 0.6) is 0 Å². The van der Waals surface area contributed by atoms with Crippen LogP contribution in [0.1, 0.15) is 6.92 Å². The minimum atomic E-state index is -1.82. The Kier molecular flexibility index (Phi) is 5.93. The molecule has 3 aromatic carbocycles. The van der Waals surface area contributed by atoms with Gasteiger partial charge in [-0.25, -0.2) is 0 Å². The molecule has 0 spiro atoms. The molecule has 0 unspecified atom stereocenters. The van der Waals surface area contributed by atoms with Crippen LogP contribution >= 0.6 is 7.26 Å². The first-order valence-corrected chi connectivity index (χ1v) is 9.27. The van der Waals surface area contributed by atoms with Crippen LogP contribution in [0.3, 0.4) is 0 Å². The lowest BCUT2D eigenvalue weighted by Gasteiger charge is -2.27. The molecular weight excluding hydrogens is 363 g/mol.